The highest BCUT2D eigenvalue weighted by atomic mass is 19.3. The fraction of sp³-hybridized carbons (Fsp3) is 0.429. The third-order valence-corrected chi connectivity index (χ3v) is 5.29. The molecule has 11 heteroatoms. The summed E-state index contributed by atoms with van der Waals surface area (Å²) in [5.41, 5.74) is 0.306. The van der Waals surface area contributed by atoms with Crippen molar-refractivity contribution in [3.05, 3.63) is 47.5 Å². The number of ether oxygens (including phenoxy) is 1. The number of benzene rings is 1. The van der Waals surface area contributed by atoms with Crippen LogP contribution in [0.1, 0.15) is 46.4 Å². The van der Waals surface area contributed by atoms with Crippen LogP contribution in [0.2, 0.25) is 0 Å². The minimum atomic E-state index is -3.04. The molecule has 1 aromatic heterocycles. The Morgan fingerprint density at radius 1 is 1.25 bits per heavy atom. The molecule has 172 valence electrons. The Balaban J connectivity index is 1.87. The smallest absolute Gasteiger partial charge is 0.387 e. The average Bonchev–Trinajstić information content (AvgIpc) is 3.49. The lowest BCUT2D eigenvalue weighted by Crippen LogP contribution is -2.46. The maximum absolute atomic E-state index is 13.3. The zero-order valence-corrected chi connectivity index (χ0v) is 17.8. The summed E-state index contributed by atoms with van der Waals surface area (Å²) in [7, 11) is 1.43. The molecule has 0 radical (unpaired) electrons. The number of hydrogen-bond acceptors (Lipinski definition) is 5. The van der Waals surface area contributed by atoms with Crippen molar-refractivity contribution >= 4 is 17.7 Å². The SMILES string of the molecule is CNC(=O)C(C)N(Cc1ccccc1OC(F)F)C(=O)c1cnc(C(=O)N2CCCC2)[nH]1. The summed E-state index contributed by atoms with van der Waals surface area (Å²) in [6, 6.07) is 5.10. The number of hydrogen-bond donors (Lipinski definition) is 2. The molecular formula is C21H25F2N5O4. The van der Waals surface area contributed by atoms with Crippen LogP contribution in [0, 0.1) is 0 Å². The average molecular weight is 449 g/mol. The van der Waals surface area contributed by atoms with E-state index in [1.54, 1.807) is 11.0 Å². The number of likely N-dealkylation sites (N-methyl/N-ethyl adjacent to an activating group) is 1. The summed E-state index contributed by atoms with van der Waals surface area (Å²) in [6.07, 6.45) is 3.06. The van der Waals surface area contributed by atoms with Gasteiger partial charge in [0.1, 0.15) is 17.5 Å². The zero-order valence-electron chi connectivity index (χ0n) is 17.8. The highest BCUT2D eigenvalue weighted by Crippen LogP contribution is 2.24. The van der Waals surface area contributed by atoms with Crippen LogP contribution in [0.15, 0.2) is 30.5 Å². The van der Waals surface area contributed by atoms with Gasteiger partial charge in [-0.1, -0.05) is 18.2 Å². The predicted molar refractivity (Wildman–Crippen MR) is 110 cm³/mol. The van der Waals surface area contributed by atoms with E-state index >= 15 is 0 Å². The van der Waals surface area contributed by atoms with Crippen LogP contribution < -0.4 is 10.1 Å². The molecule has 3 rings (SSSR count). The van der Waals surface area contributed by atoms with Crippen LogP contribution in [0.5, 0.6) is 5.75 Å². The maximum atomic E-state index is 13.3. The van der Waals surface area contributed by atoms with E-state index in [-0.39, 0.29) is 29.7 Å². The number of amides is 3. The number of aromatic nitrogens is 2. The first kappa shape index (κ1) is 23.2. The van der Waals surface area contributed by atoms with E-state index in [0.29, 0.717) is 18.7 Å². The Morgan fingerprint density at radius 3 is 2.59 bits per heavy atom. The summed E-state index contributed by atoms with van der Waals surface area (Å²) >= 11 is 0. The quantitative estimate of drug-likeness (QED) is 0.641. The van der Waals surface area contributed by atoms with Crippen molar-refractivity contribution in [2.24, 2.45) is 0 Å². The third-order valence-electron chi connectivity index (χ3n) is 5.29. The molecule has 0 bridgehead atoms. The van der Waals surface area contributed by atoms with E-state index < -0.39 is 24.5 Å². The van der Waals surface area contributed by atoms with Crippen LogP contribution in [-0.4, -0.2) is 70.3 Å². The molecule has 2 aromatic rings. The third kappa shape index (κ3) is 5.21. The molecule has 1 atom stereocenters. The van der Waals surface area contributed by atoms with Gasteiger partial charge in [0.25, 0.3) is 11.8 Å². The fourth-order valence-electron chi connectivity index (χ4n) is 3.53. The second kappa shape index (κ2) is 10.2. The first-order chi connectivity index (χ1) is 15.3. The highest BCUT2D eigenvalue weighted by molar-refractivity contribution is 5.98. The van der Waals surface area contributed by atoms with Gasteiger partial charge in [0.05, 0.1) is 12.7 Å². The van der Waals surface area contributed by atoms with Crippen molar-refractivity contribution in [1.82, 2.24) is 25.1 Å². The highest BCUT2D eigenvalue weighted by Gasteiger charge is 2.30. The number of likely N-dealkylation sites (tertiary alicyclic amines) is 1. The Bertz CT molecular complexity index is 975. The van der Waals surface area contributed by atoms with Crippen molar-refractivity contribution in [1.29, 1.82) is 0 Å². The largest absolute Gasteiger partial charge is 0.434 e. The summed E-state index contributed by atoms with van der Waals surface area (Å²) in [5.74, 6) is -1.43. The van der Waals surface area contributed by atoms with E-state index in [2.05, 4.69) is 20.0 Å². The first-order valence-electron chi connectivity index (χ1n) is 10.2. The summed E-state index contributed by atoms with van der Waals surface area (Å²) in [4.78, 5) is 47.7. The van der Waals surface area contributed by atoms with Gasteiger partial charge in [-0.2, -0.15) is 8.78 Å². The minimum absolute atomic E-state index is 0.00978. The summed E-state index contributed by atoms with van der Waals surface area (Å²) in [6.45, 7) is -0.443. The van der Waals surface area contributed by atoms with Gasteiger partial charge in [-0.05, 0) is 25.8 Å². The lowest BCUT2D eigenvalue weighted by atomic mass is 10.1. The molecule has 1 unspecified atom stereocenters. The molecule has 1 aliphatic rings. The predicted octanol–water partition coefficient (Wildman–Crippen LogP) is 2.02. The molecule has 1 aromatic carbocycles. The van der Waals surface area contributed by atoms with Crippen molar-refractivity contribution in [3.63, 3.8) is 0 Å². The van der Waals surface area contributed by atoms with E-state index in [0.717, 1.165) is 12.8 Å². The van der Waals surface area contributed by atoms with E-state index in [1.165, 1.54) is 43.3 Å². The van der Waals surface area contributed by atoms with Crippen molar-refractivity contribution in [2.75, 3.05) is 20.1 Å². The van der Waals surface area contributed by atoms with Crippen molar-refractivity contribution in [3.8, 4) is 5.75 Å². The Kier molecular flexibility index (Phi) is 7.39. The number of nitrogens with one attached hydrogen (secondary N) is 2. The Morgan fingerprint density at radius 2 is 1.94 bits per heavy atom. The van der Waals surface area contributed by atoms with E-state index in [4.69, 9.17) is 0 Å². The second-order valence-corrected chi connectivity index (χ2v) is 7.35. The number of para-hydroxylation sites is 1. The topological polar surface area (TPSA) is 108 Å². The van der Waals surface area contributed by atoms with E-state index in [9.17, 15) is 23.2 Å². The van der Waals surface area contributed by atoms with Crippen molar-refractivity contribution in [2.45, 2.75) is 39.0 Å². The van der Waals surface area contributed by atoms with Gasteiger partial charge < -0.3 is 24.8 Å². The molecule has 1 fully saturated rings. The molecule has 32 heavy (non-hydrogen) atoms. The normalized spacial score (nSPS) is 14.3. The molecule has 1 saturated heterocycles. The summed E-state index contributed by atoms with van der Waals surface area (Å²) < 4.78 is 30.1. The molecular weight excluding hydrogens is 424 g/mol. The van der Waals surface area contributed by atoms with Crippen molar-refractivity contribution < 1.29 is 27.9 Å². The maximum Gasteiger partial charge on any atom is 0.387 e. The number of H-pyrrole nitrogens is 1. The molecule has 0 aliphatic carbocycles. The number of halogens is 2. The van der Waals surface area contributed by atoms with Gasteiger partial charge in [-0.25, -0.2) is 4.98 Å². The lowest BCUT2D eigenvalue weighted by Gasteiger charge is -2.28. The standard InChI is InChI=1S/C21H25F2N5O4/c1-13(18(29)24-2)28(12-14-7-3-4-8-16(14)32-21(22)23)19(30)15-11-25-17(26-15)20(31)27-9-5-6-10-27/h3-4,7-8,11,13,21H,5-6,9-10,12H2,1-2H3,(H,24,29)(H,25,26). The van der Waals surface area contributed by atoms with Crippen LogP contribution in [0.3, 0.4) is 0 Å². The summed E-state index contributed by atoms with van der Waals surface area (Å²) in [5, 5.41) is 2.47. The number of carbonyl (C=O) groups is 3. The van der Waals surface area contributed by atoms with Crippen LogP contribution in [-0.2, 0) is 11.3 Å². The number of nitrogens with zero attached hydrogens (tertiary/aromatic N) is 3. The first-order valence-corrected chi connectivity index (χ1v) is 10.2. The molecule has 0 saturated carbocycles. The van der Waals surface area contributed by atoms with Crippen LogP contribution >= 0.6 is 0 Å². The van der Waals surface area contributed by atoms with Crippen LogP contribution in [0.4, 0.5) is 8.78 Å². The lowest BCUT2D eigenvalue weighted by molar-refractivity contribution is -0.124. The Labute approximate surface area is 183 Å². The zero-order chi connectivity index (χ0) is 23.3. The van der Waals surface area contributed by atoms with Gasteiger partial charge in [0.2, 0.25) is 5.91 Å². The molecule has 3 amide bonds. The number of alkyl halides is 2. The molecule has 9 nitrogen and oxygen atoms in total. The minimum Gasteiger partial charge on any atom is -0.434 e. The van der Waals surface area contributed by atoms with Crippen LogP contribution in [0.25, 0.3) is 0 Å². The van der Waals surface area contributed by atoms with Gasteiger partial charge in [-0.15, -0.1) is 0 Å². The number of aromatic amines is 1. The molecule has 2 N–H and O–H groups in total. The van der Waals surface area contributed by atoms with Gasteiger partial charge >= 0.3 is 6.61 Å². The number of imidazole rings is 1. The molecule has 2 heterocycles. The fourth-order valence-corrected chi connectivity index (χ4v) is 3.53. The number of carbonyl (C=O) groups excluding carboxylic acids is 3. The number of rotatable bonds is 8. The second-order valence-electron chi connectivity index (χ2n) is 7.35. The molecule has 1 aliphatic heterocycles. The Hall–Kier alpha value is -3.50. The van der Waals surface area contributed by atoms with E-state index in [1.807, 2.05) is 0 Å². The van der Waals surface area contributed by atoms with Gasteiger partial charge in [0, 0.05) is 25.7 Å². The van der Waals surface area contributed by atoms with Gasteiger partial charge in [0.15, 0.2) is 5.82 Å². The molecule has 0 spiro atoms. The monoisotopic (exact) mass is 449 g/mol. The van der Waals surface area contributed by atoms with Gasteiger partial charge in [-0.3, -0.25) is 14.4 Å².